The van der Waals surface area contributed by atoms with Gasteiger partial charge in [-0.2, -0.15) is 0 Å². The van der Waals surface area contributed by atoms with E-state index in [2.05, 4.69) is 24.5 Å². The van der Waals surface area contributed by atoms with E-state index in [-0.39, 0.29) is 6.04 Å². The van der Waals surface area contributed by atoms with E-state index in [1.807, 2.05) is 14.0 Å². The molecule has 0 aromatic rings. The Balaban J connectivity index is 2.22. The number of ether oxygens (including phenoxy) is 1. The molecule has 1 saturated heterocycles. The molecule has 1 fully saturated rings. The van der Waals surface area contributed by atoms with Crippen LogP contribution in [0.1, 0.15) is 13.3 Å². The molecule has 2 atom stereocenters. The Hall–Kier alpha value is -0.193. The zero-order chi connectivity index (χ0) is 12.3. The molecule has 94 valence electrons. The van der Waals surface area contributed by atoms with Crippen molar-refractivity contribution in [3.05, 3.63) is 0 Å². The maximum absolute atomic E-state index is 11.5. The van der Waals surface area contributed by atoms with Crippen LogP contribution >= 0.6 is 0 Å². The minimum absolute atomic E-state index is 0.0746. The molecule has 3 nitrogen and oxygen atoms in total. The van der Waals surface area contributed by atoms with E-state index in [1.54, 1.807) is 0 Å². The first-order valence-corrected chi connectivity index (χ1v) is 9.84. The Morgan fingerprint density at radius 2 is 2.06 bits per heavy atom. The van der Waals surface area contributed by atoms with Gasteiger partial charge >= 0.3 is 0 Å². The highest BCUT2D eigenvalue weighted by Crippen LogP contribution is 2.19. The van der Waals surface area contributed by atoms with E-state index in [4.69, 9.17) is 4.74 Å². The van der Waals surface area contributed by atoms with E-state index in [1.165, 1.54) is 6.04 Å². The largest absolute Gasteiger partial charge is 0.380 e. The Kier molecular flexibility index (Phi) is 4.70. The van der Waals surface area contributed by atoms with Crippen LogP contribution < -0.4 is 0 Å². The van der Waals surface area contributed by atoms with Crippen LogP contribution in [-0.2, 0) is 9.53 Å². The SMILES string of the molecule is CC1C(=O)CC(COCC[Si](C)(C)C)N1C. The van der Waals surface area contributed by atoms with Crippen molar-refractivity contribution in [3.63, 3.8) is 0 Å². The number of rotatable bonds is 5. The molecule has 0 amide bonds. The third-order valence-corrected chi connectivity index (χ3v) is 5.10. The third-order valence-electron chi connectivity index (χ3n) is 3.40. The third kappa shape index (κ3) is 4.00. The molecule has 1 heterocycles. The highest BCUT2D eigenvalue weighted by atomic mass is 28.3. The van der Waals surface area contributed by atoms with Crippen LogP contribution in [0.5, 0.6) is 0 Å². The van der Waals surface area contributed by atoms with Gasteiger partial charge in [-0.25, -0.2) is 0 Å². The first-order chi connectivity index (χ1) is 7.31. The fourth-order valence-corrected chi connectivity index (χ4v) is 2.62. The first-order valence-electron chi connectivity index (χ1n) is 6.13. The lowest BCUT2D eigenvalue weighted by Gasteiger charge is -2.22. The average Bonchev–Trinajstić information content (AvgIpc) is 2.40. The predicted octanol–water partition coefficient (Wildman–Crippen LogP) is 2.00. The molecule has 1 aliphatic heterocycles. The number of likely N-dealkylation sites (N-methyl/N-ethyl adjacent to an activating group) is 1. The van der Waals surface area contributed by atoms with Crippen LogP contribution in [0.3, 0.4) is 0 Å². The lowest BCUT2D eigenvalue weighted by atomic mass is 10.2. The number of carbonyl (C=O) groups is 1. The number of ketones is 1. The minimum Gasteiger partial charge on any atom is -0.380 e. The summed E-state index contributed by atoms with van der Waals surface area (Å²) in [6, 6.07) is 1.57. The number of Topliss-reactive ketones (excluding diaryl/α,β-unsaturated/α-hetero) is 1. The number of hydrogen-bond donors (Lipinski definition) is 0. The molecule has 0 bridgehead atoms. The lowest BCUT2D eigenvalue weighted by Crippen LogP contribution is -2.35. The second-order valence-corrected chi connectivity index (χ2v) is 11.7. The van der Waals surface area contributed by atoms with Gasteiger partial charge in [-0.05, 0) is 20.0 Å². The zero-order valence-corrected chi connectivity index (χ0v) is 12.2. The first kappa shape index (κ1) is 13.9. The number of likely N-dealkylation sites (tertiary alicyclic amines) is 1. The summed E-state index contributed by atoms with van der Waals surface area (Å²) in [4.78, 5) is 13.6. The molecular formula is C12H25NO2Si. The number of nitrogens with zero attached hydrogens (tertiary/aromatic N) is 1. The lowest BCUT2D eigenvalue weighted by molar-refractivity contribution is -0.119. The van der Waals surface area contributed by atoms with Crippen LogP contribution in [-0.4, -0.2) is 51.1 Å². The van der Waals surface area contributed by atoms with Gasteiger partial charge in [0.2, 0.25) is 0 Å². The van der Waals surface area contributed by atoms with Crippen molar-refractivity contribution in [2.24, 2.45) is 0 Å². The molecule has 0 N–H and O–H groups in total. The highest BCUT2D eigenvalue weighted by molar-refractivity contribution is 6.76. The van der Waals surface area contributed by atoms with Crippen LogP contribution in [0.25, 0.3) is 0 Å². The normalized spacial score (nSPS) is 27.7. The minimum atomic E-state index is -0.984. The van der Waals surface area contributed by atoms with Gasteiger partial charge in [-0.3, -0.25) is 9.69 Å². The Morgan fingerprint density at radius 1 is 1.44 bits per heavy atom. The maximum atomic E-state index is 11.5. The number of carbonyl (C=O) groups excluding carboxylic acids is 1. The van der Waals surface area contributed by atoms with Crippen molar-refractivity contribution >= 4 is 13.9 Å². The summed E-state index contributed by atoms with van der Waals surface area (Å²) in [5.74, 6) is 0.348. The smallest absolute Gasteiger partial charge is 0.151 e. The topological polar surface area (TPSA) is 29.5 Å². The number of hydrogen-bond acceptors (Lipinski definition) is 3. The maximum Gasteiger partial charge on any atom is 0.151 e. The Labute approximate surface area is 100 Å². The molecular weight excluding hydrogens is 218 g/mol. The molecule has 0 aromatic heterocycles. The van der Waals surface area contributed by atoms with Crippen molar-refractivity contribution in [3.8, 4) is 0 Å². The fraction of sp³-hybridized carbons (Fsp3) is 0.917. The van der Waals surface area contributed by atoms with Gasteiger partial charge < -0.3 is 4.74 Å². The van der Waals surface area contributed by atoms with Gasteiger partial charge in [0.05, 0.1) is 12.6 Å². The van der Waals surface area contributed by atoms with Crippen molar-refractivity contribution in [2.45, 2.75) is 51.1 Å². The van der Waals surface area contributed by atoms with Gasteiger partial charge in [0.25, 0.3) is 0 Å². The highest BCUT2D eigenvalue weighted by Gasteiger charge is 2.34. The zero-order valence-electron chi connectivity index (χ0n) is 11.2. The van der Waals surface area contributed by atoms with Crippen molar-refractivity contribution in [2.75, 3.05) is 20.3 Å². The van der Waals surface area contributed by atoms with E-state index < -0.39 is 8.07 Å². The second kappa shape index (κ2) is 5.43. The summed E-state index contributed by atoms with van der Waals surface area (Å²) in [6.07, 6.45) is 0.657. The summed E-state index contributed by atoms with van der Waals surface area (Å²) in [5.41, 5.74) is 0. The van der Waals surface area contributed by atoms with Crippen molar-refractivity contribution in [1.82, 2.24) is 4.90 Å². The van der Waals surface area contributed by atoms with Gasteiger partial charge in [0.1, 0.15) is 0 Å². The van der Waals surface area contributed by atoms with E-state index in [0.717, 1.165) is 6.61 Å². The van der Waals surface area contributed by atoms with Crippen molar-refractivity contribution in [1.29, 1.82) is 0 Å². The van der Waals surface area contributed by atoms with E-state index in [9.17, 15) is 4.79 Å². The van der Waals surface area contributed by atoms with E-state index in [0.29, 0.717) is 24.9 Å². The second-order valence-electron chi connectivity index (χ2n) is 6.05. The monoisotopic (exact) mass is 243 g/mol. The van der Waals surface area contributed by atoms with E-state index >= 15 is 0 Å². The van der Waals surface area contributed by atoms with Crippen LogP contribution in [0.15, 0.2) is 0 Å². The molecule has 2 unspecified atom stereocenters. The quantitative estimate of drug-likeness (QED) is 0.546. The van der Waals surface area contributed by atoms with Gasteiger partial charge in [-0.1, -0.05) is 19.6 Å². The summed E-state index contributed by atoms with van der Waals surface area (Å²) in [7, 11) is 1.03. The van der Waals surface area contributed by atoms with Gasteiger partial charge in [-0.15, -0.1) is 0 Å². The van der Waals surface area contributed by atoms with Crippen LogP contribution in [0.2, 0.25) is 25.7 Å². The predicted molar refractivity (Wildman–Crippen MR) is 69.6 cm³/mol. The summed E-state index contributed by atoms with van der Waals surface area (Å²) in [5, 5.41) is 0. The summed E-state index contributed by atoms with van der Waals surface area (Å²) >= 11 is 0. The Bertz CT molecular complexity index is 250. The van der Waals surface area contributed by atoms with Gasteiger partial charge in [0.15, 0.2) is 5.78 Å². The molecule has 0 aliphatic carbocycles. The molecule has 0 radical (unpaired) electrons. The standard InChI is InChI=1S/C12H25NO2Si/c1-10-12(14)8-11(13(10)2)9-15-6-7-16(3,4)5/h10-11H,6-9H2,1-5H3. The Morgan fingerprint density at radius 3 is 2.50 bits per heavy atom. The molecule has 16 heavy (non-hydrogen) atoms. The van der Waals surface area contributed by atoms with Gasteiger partial charge in [0, 0.05) is 27.1 Å². The molecule has 0 aromatic carbocycles. The molecule has 0 spiro atoms. The molecule has 1 aliphatic rings. The average molecular weight is 243 g/mol. The van der Waals surface area contributed by atoms with Crippen molar-refractivity contribution < 1.29 is 9.53 Å². The molecule has 4 heteroatoms. The summed E-state index contributed by atoms with van der Waals surface area (Å²) in [6.45, 7) is 10.6. The molecule has 0 saturated carbocycles. The van der Waals surface area contributed by atoms with Crippen LogP contribution in [0.4, 0.5) is 0 Å². The van der Waals surface area contributed by atoms with Crippen LogP contribution in [0, 0.1) is 0 Å². The molecule has 1 rings (SSSR count). The summed E-state index contributed by atoms with van der Waals surface area (Å²) < 4.78 is 5.70. The fourth-order valence-electron chi connectivity index (χ4n) is 1.86.